The molecular formula is C11H22IN3S. The molecule has 1 unspecified atom stereocenters. The van der Waals surface area contributed by atoms with E-state index in [0.29, 0.717) is 11.3 Å². The minimum Gasteiger partial charge on any atom is -0.355 e. The van der Waals surface area contributed by atoms with Crippen LogP contribution in [0.25, 0.3) is 0 Å². The number of guanidine groups is 1. The van der Waals surface area contributed by atoms with E-state index in [9.17, 15) is 0 Å². The van der Waals surface area contributed by atoms with Crippen LogP contribution in [0.5, 0.6) is 0 Å². The van der Waals surface area contributed by atoms with Crippen molar-refractivity contribution in [1.29, 1.82) is 0 Å². The molecule has 0 spiro atoms. The number of hydrogen-bond acceptors (Lipinski definition) is 2. The summed E-state index contributed by atoms with van der Waals surface area (Å²) in [6, 6.07) is 0.529. The second kappa shape index (κ2) is 9.15. The van der Waals surface area contributed by atoms with Gasteiger partial charge in [0, 0.05) is 24.9 Å². The van der Waals surface area contributed by atoms with Gasteiger partial charge in [0.1, 0.15) is 0 Å². The van der Waals surface area contributed by atoms with Gasteiger partial charge in [0.05, 0.1) is 0 Å². The molecule has 0 bridgehead atoms. The average molecular weight is 355 g/mol. The van der Waals surface area contributed by atoms with Gasteiger partial charge in [-0.2, -0.15) is 11.8 Å². The van der Waals surface area contributed by atoms with Crippen molar-refractivity contribution in [1.82, 2.24) is 10.6 Å². The van der Waals surface area contributed by atoms with E-state index in [0.717, 1.165) is 25.3 Å². The van der Waals surface area contributed by atoms with Crippen LogP contribution >= 0.6 is 35.7 Å². The molecule has 2 N–H and O–H groups in total. The number of halogens is 1. The maximum Gasteiger partial charge on any atom is 0.191 e. The maximum atomic E-state index is 4.22. The van der Waals surface area contributed by atoms with Crippen molar-refractivity contribution in [2.24, 2.45) is 4.99 Å². The SMILES string of the molecule is CN=C(NCC(C)SC)NC1CC=CC1.I. The molecule has 1 rings (SSSR count). The number of rotatable bonds is 4. The molecule has 0 aromatic rings. The summed E-state index contributed by atoms with van der Waals surface area (Å²) in [5, 5.41) is 7.37. The first kappa shape index (κ1) is 16.1. The topological polar surface area (TPSA) is 36.4 Å². The Morgan fingerprint density at radius 3 is 2.62 bits per heavy atom. The summed E-state index contributed by atoms with van der Waals surface area (Å²) in [7, 11) is 1.82. The first-order chi connectivity index (χ1) is 7.26. The van der Waals surface area contributed by atoms with E-state index in [1.165, 1.54) is 0 Å². The van der Waals surface area contributed by atoms with Gasteiger partial charge in [0.2, 0.25) is 0 Å². The fourth-order valence-corrected chi connectivity index (χ4v) is 1.70. The van der Waals surface area contributed by atoms with Crippen molar-refractivity contribution in [2.75, 3.05) is 19.8 Å². The minimum atomic E-state index is 0. The highest BCUT2D eigenvalue weighted by Gasteiger charge is 2.11. The van der Waals surface area contributed by atoms with Crippen LogP contribution in [0.4, 0.5) is 0 Å². The zero-order valence-electron chi connectivity index (χ0n) is 10.2. The fourth-order valence-electron chi connectivity index (χ4n) is 1.45. The summed E-state index contributed by atoms with van der Waals surface area (Å²) in [6.07, 6.45) is 8.78. The van der Waals surface area contributed by atoms with Crippen LogP contribution in [0.1, 0.15) is 19.8 Å². The van der Waals surface area contributed by atoms with Gasteiger partial charge in [-0.05, 0) is 19.1 Å². The van der Waals surface area contributed by atoms with Crippen LogP contribution in [-0.2, 0) is 0 Å². The molecule has 0 aromatic carbocycles. The monoisotopic (exact) mass is 355 g/mol. The van der Waals surface area contributed by atoms with Gasteiger partial charge in [-0.3, -0.25) is 4.99 Å². The summed E-state index contributed by atoms with van der Waals surface area (Å²) < 4.78 is 0. The van der Waals surface area contributed by atoms with Crippen LogP contribution in [0, 0.1) is 0 Å². The molecule has 5 heteroatoms. The summed E-state index contributed by atoms with van der Waals surface area (Å²) in [5.74, 6) is 0.921. The smallest absolute Gasteiger partial charge is 0.191 e. The molecule has 3 nitrogen and oxygen atoms in total. The highest BCUT2D eigenvalue weighted by Crippen LogP contribution is 2.08. The first-order valence-corrected chi connectivity index (χ1v) is 6.70. The lowest BCUT2D eigenvalue weighted by Crippen LogP contribution is -2.44. The number of hydrogen-bond donors (Lipinski definition) is 2. The number of aliphatic imine (C=N–C) groups is 1. The van der Waals surface area contributed by atoms with Crippen LogP contribution in [0.3, 0.4) is 0 Å². The van der Waals surface area contributed by atoms with Gasteiger partial charge in [0.25, 0.3) is 0 Å². The zero-order chi connectivity index (χ0) is 11.1. The van der Waals surface area contributed by atoms with Gasteiger partial charge >= 0.3 is 0 Å². The largest absolute Gasteiger partial charge is 0.355 e. The quantitative estimate of drug-likeness (QED) is 0.352. The van der Waals surface area contributed by atoms with Crippen LogP contribution in [-0.4, -0.2) is 37.1 Å². The van der Waals surface area contributed by atoms with Crippen molar-refractivity contribution in [3.8, 4) is 0 Å². The predicted molar refractivity (Wildman–Crippen MR) is 85.1 cm³/mol. The van der Waals surface area contributed by atoms with Gasteiger partial charge in [-0.15, -0.1) is 24.0 Å². The molecular weight excluding hydrogens is 333 g/mol. The molecule has 94 valence electrons. The lowest BCUT2D eigenvalue weighted by atomic mass is 10.2. The second-order valence-corrected chi connectivity index (χ2v) is 5.06. The van der Waals surface area contributed by atoms with E-state index in [-0.39, 0.29) is 24.0 Å². The van der Waals surface area contributed by atoms with Crippen molar-refractivity contribution >= 4 is 41.7 Å². The standard InChI is InChI=1S/C11H21N3S.HI/c1-9(15-3)8-13-11(12-2)14-10-6-4-5-7-10;/h4-5,9-10H,6-8H2,1-3H3,(H2,12,13,14);1H. The molecule has 1 atom stereocenters. The lowest BCUT2D eigenvalue weighted by molar-refractivity contribution is 0.632. The Hall–Kier alpha value is 0.0900. The molecule has 0 radical (unpaired) electrons. The van der Waals surface area contributed by atoms with E-state index >= 15 is 0 Å². The Kier molecular flexibility index (Phi) is 9.21. The van der Waals surface area contributed by atoms with E-state index in [4.69, 9.17) is 0 Å². The van der Waals surface area contributed by atoms with Gasteiger partial charge in [0.15, 0.2) is 5.96 Å². The molecule has 16 heavy (non-hydrogen) atoms. The normalized spacial score (nSPS) is 18.1. The van der Waals surface area contributed by atoms with E-state index in [1.807, 2.05) is 18.8 Å². The summed E-state index contributed by atoms with van der Waals surface area (Å²) in [6.45, 7) is 3.17. The third-order valence-electron chi connectivity index (χ3n) is 2.53. The van der Waals surface area contributed by atoms with E-state index < -0.39 is 0 Å². The predicted octanol–water partition coefficient (Wildman–Crippen LogP) is 2.24. The second-order valence-electron chi connectivity index (χ2n) is 3.78. The number of nitrogens with one attached hydrogen (secondary N) is 2. The Bertz CT molecular complexity index is 235. The summed E-state index contributed by atoms with van der Waals surface area (Å²) in [5.41, 5.74) is 0. The molecule has 0 fully saturated rings. The Morgan fingerprint density at radius 2 is 2.12 bits per heavy atom. The van der Waals surface area contributed by atoms with Gasteiger partial charge < -0.3 is 10.6 Å². The highest BCUT2D eigenvalue weighted by atomic mass is 127. The molecule has 0 amide bonds. The fraction of sp³-hybridized carbons (Fsp3) is 0.727. The molecule has 0 saturated heterocycles. The lowest BCUT2D eigenvalue weighted by Gasteiger charge is -2.18. The minimum absolute atomic E-state index is 0. The molecule has 0 aromatic heterocycles. The summed E-state index contributed by atoms with van der Waals surface area (Å²) in [4.78, 5) is 4.22. The van der Waals surface area contributed by atoms with Crippen molar-refractivity contribution in [3.05, 3.63) is 12.2 Å². The van der Waals surface area contributed by atoms with E-state index in [1.54, 1.807) is 0 Å². The third kappa shape index (κ3) is 5.98. The van der Waals surface area contributed by atoms with Crippen molar-refractivity contribution < 1.29 is 0 Å². The first-order valence-electron chi connectivity index (χ1n) is 5.41. The highest BCUT2D eigenvalue weighted by molar-refractivity contribution is 14.0. The third-order valence-corrected chi connectivity index (χ3v) is 3.50. The number of thioether (sulfide) groups is 1. The molecule has 0 saturated carbocycles. The molecule has 0 aliphatic heterocycles. The van der Waals surface area contributed by atoms with Crippen LogP contribution in [0.15, 0.2) is 17.1 Å². The molecule has 1 aliphatic rings. The molecule has 1 aliphatic carbocycles. The van der Waals surface area contributed by atoms with Gasteiger partial charge in [-0.25, -0.2) is 0 Å². The van der Waals surface area contributed by atoms with Crippen LogP contribution in [0.2, 0.25) is 0 Å². The summed E-state index contributed by atoms with van der Waals surface area (Å²) >= 11 is 1.86. The van der Waals surface area contributed by atoms with Crippen molar-refractivity contribution in [2.45, 2.75) is 31.1 Å². The Balaban J connectivity index is 0.00000225. The Morgan fingerprint density at radius 1 is 1.50 bits per heavy atom. The van der Waals surface area contributed by atoms with Crippen LogP contribution < -0.4 is 10.6 Å². The number of nitrogens with zero attached hydrogens (tertiary/aromatic N) is 1. The Labute approximate surface area is 120 Å². The molecule has 0 heterocycles. The van der Waals surface area contributed by atoms with Gasteiger partial charge in [-0.1, -0.05) is 19.1 Å². The van der Waals surface area contributed by atoms with E-state index in [2.05, 4.69) is 41.0 Å². The average Bonchev–Trinajstić information content (AvgIpc) is 2.76. The maximum absolute atomic E-state index is 4.22. The van der Waals surface area contributed by atoms with Crippen molar-refractivity contribution in [3.63, 3.8) is 0 Å². The zero-order valence-corrected chi connectivity index (χ0v) is 13.3.